The molecule has 1 fully saturated rings. The van der Waals surface area contributed by atoms with Gasteiger partial charge in [0.05, 0.1) is 25.4 Å². The minimum atomic E-state index is -1.57. The molecule has 7 atom stereocenters. The second kappa shape index (κ2) is 57.9. The van der Waals surface area contributed by atoms with Crippen molar-refractivity contribution in [1.29, 1.82) is 0 Å². The van der Waals surface area contributed by atoms with E-state index in [0.29, 0.717) is 6.42 Å². The van der Waals surface area contributed by atoms with E-state index in [-0.39, 0.29) is 12.5 Å². The number of hydrogen-bond donors (Lipinski definition) is 6. The average Bonchev–Trinajstić information content (AvgIpc) is 3.43. The first kappa shape index (κ1) is 73.7. The summed E-state index contributed by atoms with van der Waals surface area (Å²) in [5.41, 5.74) is 0. The molecular weight excluding hydrogens is 959 g/mol. The number of aliphatic hydroxyl groups is 5. The van der Waals surface area contributed by atoms with Crippen molar-refractivity contribution in [2.45, 2.75) is 391 Å². The summed E-state index contributed by atoms with van der Waals surface area (Å²) in [6.07, 6.45) is 68.5. The van der Waals surface area contributed by atoms with E-state index < -0.39 is 49.5 Å². The highest BCUT2D eigenvalue weighted by molar-refractivity contribution is 5.76. The molecule has 0 saturated carbocycles. The van der Waals surface area contributed by atoms with Crippen LogP contribution in [0.2, 0.25) is 0 Å². The normalized spacial score (nSPS) is 18.8. The summed E-state index contributed by atoms with van der Waals surface area (Å²) in [6.45, 7) is 3.83. The Balaban J connectivity index is 2.14. The van der Waals surface area contributed by atoms with Gasteiger partial charge in [-0.05, 0) is 44.9 Å². The Hall–Kier alpha value is -1.33. The molecule has 9 nitrogen and oxygen atoms in total. The minimum Gasteiger partial charge on any atom is -0.394 e. The molecule has 0 aromatic carbocycles. The van der Waals surface area contributed by atoms with Crippen LogP contribution in [0.4, 0.5) is 0 Å². The van der Waals surface area contributed by atoms with Gasteiger partial charge in [-0.3, -0.25) is 4.79 Å². The van der Waals surface area contributed by atoms with Crippen molar-refractivity contribution < 1.29 is 39.8 Å². The van der Waals surface area contributed by atoms with Crippen LogP contribution in [0, 0.1) is 0 Å². The molecule has 6 N–H and O–H groups in total. The maximum absolute atomic E-state index is 13.1. The largest absolute Gasteiger partial charge is 0.394 e. The van der Waals surface area contributed by atoms with Gasteiger partial charge in [-0.25, -0.2) is 0 Å². The molecule has 9 heteroatoms. The van der Waals surface area contributed by atoms with Crippen molar-refractivity contribution in [2.24, 2.45) is 0 Å². The van der Waals surface area contributed by atoms with Crippen molar-refractivity contribution in [3.8, 4) is 0 Å². The highest BCUT2D eigenvalue weighted by atomic mass is 16.7. The topological polar surface area (TPSA) is 149 Å². The quantitative estimate of drug-likeness (QED) is 0.0261. The van der Waals surface area contributed by atoms with Crippen LogP contribution in [-0.4, -0.2) is 87.5 Å². The van der Waals surface area contributed by atoms with E-state index in [1.165, 1.54) is 289 Å². The maximum Gasteiger partial charge on any atom is 0.220 e. The zero-order valence-corrected chi connectivity index (χ0v) is 51.0. The molecule has 1 heterocycles. The lowest BCUT2D eigenvalue weighted by molar-refractivity contribution is -0.302. The summed E-state index contributed by atoms with van der Waals surface area (Å²) in [6, 6.07) is -0.804. The van der Waals surface area contributed by atoms with Crippen LogP contribution in [-0.2, 0) is 14.3 Å². The predicted molar refractivity (Wildman–Crippen MR) is 327 cm³/mol. The number of unbranched alkanes of at least 4 members (excludes halogenated alkanes) is 48. The Labute approximate surface area is 477 Å². The molecule has 0 radical (unpaired) electrons. The van der Waals surface area contributed by atoms with Gasteiger partial charge in [0.1, 0.15) is 24.4 Å². The first-order valence-electron chi connectivity index (χ1n) is 34.1. The van der Waals surface area contributed by atoms with Crippen molar-refractivity contribution >= 4 is 5.91 Å². The molecule has 1 aliphatic rings. The fraction of sp³-hybridized carbons (Fsp3) is 0.926. The summed E-state index contributed by atoms with van der Waals surface area (Å²) >= 11 is 0. The fourth-order valence-electron chi connectivity index (χ4n) is 11.2. The molecule has 0 aromatic rings. The first-order chi connectivity index (χ1) is 37.8. The summed E-state index contributed by atoms with van der Waals surface area (Å²) in [5, 5.41) is 54.7. The number of nitrogens with one attached hydrogen (secondary N) is 1. The molecule has 456 valence electrons. The minimum absolute atomic E-state index is 0.169. The predicted octanol–water partition coefficient (Wildman–Crippen LogP) is 18.1. The third kappa shape index (κ3) is 46.9. The lowest BCUT2D eigenvalue weighted by atomic mass is 9.99. The first-order valence-corrected chi connectivity index (χ1v) is 34.1. The summed E-state index contributed by atoms with van der Waals surface area (Å²) < 4.78 is 11.3. The number of hydrogen-bond acceptors (Lipinski definition) is 8. The highest BCUT2D eigenvalue weighted by Crippen LogP contribution is 2.23. The number of aliphatic hydroxyl groups excluding tert-OH is 5. The van der Waals surface area contributed by atoms with Crippen molar-refractivity contribution in [3.05, 3.63) is 24.3 Å². The number of rotatable bonds is 60. The van der Waals surface area contributed by atoms with E-state index in [0.717, 1.165) is 38.5 Å². The molecule has 0 spiro atoms. The molecule has 0 bridgehead atoms. The number of carbonyl (C=O) groups excluding carboxylic acids is 1. The van der Waals surface area contributed by atoms with Crippen molar-refractivity contribution in [2.75, 3.05) is 13.2 Å². The second-order valence-electron chi connectivity index (χ2n) is 24.0. The zero-order chi connectivity index (χ0) is 55.8. The molecule has 7 unspecified atom stereocenters. The van der Waals surface area contributed by atoms with Gasteiger partial charge in [-0.2, -0.15) is 0 Å². The van der Waals surface area contributed by atoms with Gasteiger partial charge in [0.2, 0.25) is 5.91 Å². The average molecular weight is 1090 g/mol. The molecular formula is C68H131NO8. The molecule has 1 amide bonds. The number of ether oxygens (including phenoxy) is 2. The van der Waals surface area contributed by atoms with Crippen LogP contribution in [0.1, 0.15) is 348 Å². The SMILES string of the molecule is CCCCCCCCCC/C=C\CCCCCCCCCCCCCCCCCCCC(=O)NC(COC1OC(CO)C(O)C(O)C1O)C(O)/C=C/CCCCCCCCCCCCCCCCCCCCCCCCC. The van der Waals surface area contributed by atoms with E-state index in [1.54, 1.807) is 6.08 Å². The van der Waals surface area contributed by atoms with Crippen LogP contribution in [0.15, 0.2) is 24.3 Å². The fourth-order valence-corrected chi connectivity index (χ4v) is 11.2. The molecule has 1 saturated heterocycles. The number of carbonyl (C=O) groups is 1. The van der Waals surface area contributed by atoms with E-state index in [1.807, 2.05) is 6.08 Å². The third-order valence-electron chi connectivity index (χ3n) is 16.5. The lowest BCUT2D eigenvalue weighted by Crippen LogP contribution is -2.60. The van der Waals surface area contributed by atoms with Crippen molar-refractivity contribution in [3.63, 3.8) is 0 Å². The Morgan fingerprint density at radius 1 is 0.429 bits per heavy atom. The van der Waals surface area contributed by atoms with Gasteiger partial charge < -0.3 is 40.3 Å². The monoisotopic (exact) mass is 1090 g/mol. The number of allylic oxidation sites excluding steroid dienone is 3. The van der Waals surface area contributed by atoms with Gasteiger partial charge in [-0.1, -0.05) is 321 Å². The molecule has 0 aliphatic carbocycles. The summed E-state index contributed by atoms with van der Waals surface area (Å²) in [7, 11) is 0. The van der Waals surface area contributed by atoms with Crippen molar-refractivity contribution in [1.82, 2.24) is 5.32 Å². The van der Waals surface area contributed by atoms with Crippen LogP contribution in [0.25, 0.3) is 0 Å². The molecule has 1 rings (SSSR count). The van der Waals surface area contributed by atoms with Gasteiger partial charge in [0, 0.05) is 6.42 Å². The van der Waals surface area contributed by atoms with Crippen LogP contribution in [0.5, 0.6) is 0 Å². The Morgan fingerprint density at radius 3 is 1.05 bits per heavy atom. The van der Waals surface area contributed by atoms with Gasteiger partial charge >= 0.3 is 0 Å². The van der Waals surface area contributed by atoms with Gasteiger partial charge in [-0.15, -0.1) is 0 Å². The summed E-state index contributed by atoms with van der Waals surface area (Å²) in [5.74, 6) is -0.169. The number of amides is 1. The standard InChI is InChI=1S/C68H131NO8/c1-3-5-7-9-11-13-15-17-19-21-23-25-27-29-30-31-32-34-36-38-40-42-44-46-48-50-52-54-56-58-64(72)69-61(60-76-68-67(75)66(74)65(73)63(59-70)77-68)62(71)57-55-53-51-49-47-45-43-41-39-37-35-33-28-26-24-22-20-18-16-14-12-10-8-6-4-2/h21,23,55,57,61-63,65-68,70-71,73-75H,3-20,22,24-54,56,58-60H2,1-2H3,(H,69,72)/b23-21-,57-55+. The molecule has 1 aliphatic heterocycles. The van der Waals surface area contributed by atoms with E-state index in [4.69, 9.17) is 9.47 Å². The van der Waals surface area contributed by atoms with E-state index >= 15 is 0 Å². The third-order valence-corrected chi connectivity index (χ3v) is 16.5. The highest BCUT2D eigenvalue weighted by Gasteiger charge is 2.44. The lowest BCUT2D eigenvalue weighted by Gasteiger charge is -2.40. The van der Waals surface area contributed by atoms with E-state index in [9.17, 15) is 30.3 Å². The van der Waals surface area contributed by atoms with Crippen LogP contribution < -0.4 is 5.32 Å². The maximum atomic E-state index is 13.1. The smallest absolute Gasteiger partial charge is 0.220 e. The molecule has 0 aromatic heterocycles. The van der Waals surface area contributed by atoms with Gasteiger partial charge in [0.15, 0.2) is 6.29 Å². The van der Waals surface area contributed by atoms with Crippen LogP contribution >= 0.6 is 0 Å². The Morgan fingerprint density at radius 2 is 0.727 bits per heavy atom. The Bertz CT molecular complexity index is 1260. The zero-order valence-electron chi connectivity index (χ0n) is 51.0. The second-order valence-corrected chi connectivity index (χ2v) is 24.0. The Kier molecular flexibility index (Phi) is 55.4. The van der Waals surface area contributed by atoms with Gasteiger partial charge in [0.25, 0.3) is 0 Å². The van der Waals surface area contributed by atoms with Crippen LogP contribution in [0.3, 0.4) is 0 Å². The van der Waals surface area contributed by atoms with E-state index in [2.05, 4.69) is 31.3 Å². The summed E-state index contributed by atoms with van der Waals surface area (Å²) in [4.78, 5) is 13.1. The molecule has 77 heavy (non-hydrogen) atoms.